The van der Waals surface area contributed by atoms with Crippen molar-refractivity contribution >= 4 is 43.2 Å². The summed E-state index contributed by atoms with van der Waals surface area (Å²) in [7, 11) is -3.66. The summed E-state index contributed by atoms with van der Waals surface area (Å²) in [5.74, 6) is 0.317. The molecule has 0 radical (unpaired) electrons. The molecule has 6 nitrogen and oxygen atoms in total. The summed E-state index contributed by atoms with van der Waals surface area (Å²) in [4.78, 5) is 12.5. The fraction of sp³-hybridized carbons (Fsp3) is 0.160. The molecule has 0 heterocycles. The quantitative estimate of drug-likeness (QED) is 0.414. The lowest BCUT2D eigenvalue weighted by Gasteiger charge is -2.23. The van der Waals surface area contributed by atoms with E-state index in [1.807, 2.05) is 72.8 Å². The molecular formula is C25H24N2O4S. The number of nitrogens with zero attached hydrogens (tertiary/aromatic N) is 1. The van der Waals surface area contributed by atoms with E-state index in [0.29, 0.717) is 11.4 Å². The maximum Gasteiger partial charge on any atom is 0.240 e. The molecule has 4 aromatic carbocycles. The van der Waals surface area contributed by atoms with E-state index in [0.717, 1.165) is 32.1 Å². The smallest absolute Gasteiger partial charge is 0.240 e. The molecule has 0 fully saturated rings. The van der Waals surface area contributed by atoms with Gasteiger partial charge in [0, 0.05) is 5.39 Å². The van der Waals surface area contributed by atoms with Crippen LogP contribution in [-0.4, -0.2) is 40.3 Å². The van der Waals surface area contributed by atoms with Crippen molar-refractivity contribution in [3.63, 3.8) is 0 Å². The van der Waals surface area contributed by atoms with Gasteiger partial charge in [-0.3, -0.25) is 9.10 Å². The zero-order chi connectivity index (χ0) is 22.6. The lowest BCUT2D eigenvalue weighted by Crippen LogP contribution is -2.41. The van der Waals surface area contributed by atoms with Gasteiger partial charge in [-0.25, -0.2) is 8.42 Å². The number of rotatable bonds is 8. The van der Waals surface area contributed by atoms with Crippen LogP contribution in [0.1, 0.15) is 0 Å². The first-order valence-electron chi connectivity index (χ1n) is 10.3. The van der Waals surface area contributed by atoms with Gasteiger partial charge in [0.15, 0.2) is 0 Å². The van der Waals surface area contributed by atoms with Crippen LogP contribution in [0.15, 0.2) is 84.9 Å². The number of ether oxygens (including phenoxy) is 1. The van der Waals surface area contributed by atoms with E-state index in [1.54, 1.807) is 12.1 Å². The van der Waals surface area contributed by atoms with Crippen molar-refractivity contribution in [2.24, 2.45) is 0 Å². The summed E-state index contributed by atoms with van der Waals surface area (Å²) < 4.78 is 31.8. The Kier molecular flexibility index (Phi) is 6.28. The highest BCUT2D eigenvalue weighted by Gasteiger charge is 2.22. The lowest BCUT2D eigenvalue weighted by atomic mass is 10.1. The summed E-state index contributed by atoms with van der Waals surface area (Å²) in [6, 6.07) is 26.7. The normalized spacial score (nSPS) is 11.4. The van der Waals surface area contributed by atoms with Crippen LogP contribution in [0.5, 0.6) is 5.75 Å². The van der Waals surface area contributed by atoms with E-state index >= 15 is 0 Å². The van der Waals surface area contributed by atoms with Gasteiger partial charge in [-0.05, 0) is 34.4 Å². The van der Waals surface area contributed by atoms with Gasteiger partial charge in [0.25, 0.3) is 0 Å². The molecule has 0 aliphatic rings. The van der Waals surface area contributed by atoms with Crippen LogP contribution >= 0.6 is 0 Å². The first kappa shape index (κ1) is 21.6. The molecule has 164 valence electrons. The van der Waals surface area contributed by atoms with Gasteiger partial charge in [-0.15, -0.1) is 0 Å². The number of carbonyl (C=O) groups excluding carboxylic acids is 1. The van der Waals surface area contributed by atoms with Crippen molar-refractivity contribution in [3.05, 3.63) is 84.9 Å². The molecule has 0 aliphatic heterocycles. The molecule has 7 heteroatoms. The fourth-order valence-electron chi connectivity index (χ4n) is 3.61. The van der Waals surface area contributed by atoms with Crippen molar-refractivity contribution in [1.82, 2.24) is 5.32 Å². The maximum absolute atomic E-state index is 12.5. The molecular weight excluding hydrogens is 424 g/mol. The maximum atomic E-state index is 12.5. The minimum atomic E-state index is -3.66. The molecule has 0 aliphatic carbocycles. The number of fused-ring (bicyclic) bond motifs is 2. The van der Waals surface area contributed by atoms with Crippen molar-refractivity contribution in [3.8, 4) is 5.75 Å². The number of anilines is 1. The summed E-state index contributed by atoms with van der Waals surface area (Å²) in [6.07, 6.45) is 1.10. The van der Waals surface area contributed by atoms with Crippen LogP contribution in [0.25, 0.3) is 21.5 Å². The van der Waals surface area contributed by atoms with E-state index in [-0.39, 0.29) is 19.7 Å². The Balaban J connectivity index is 1.38. The molecule has 4 rings (SSSR count). The van der Waals surface area contributed by atoms with E-state index in [1.165, 1.54) is 0 Å². The van der Waals surface area contributed by atoms with Crippen LogP contribution < -0.4 is 14.4 Å². The van der Waals surface area contributed by atoms with Crippen LogP contribution in [0, 0.1) is 0 Å². The van der Waals surface area contributed by atoms with Crippen LogP contribution in [0.3, 0.4) is 0 Å². The van der Waals surface area contributed by atoms with Crippen LogP contribution in [0.2, 0.25) is 0 Å². The first-order valence-corrected chi connectivity index (χ1v) is 12.1. The number of nitrogens with one attached hydrogen (secondary N) is 1. The highest BCUT2D eigenvalue weighted by molar-refractivity contribution is 7.92. The zero-order valence-electron chi connectivity index (χ0n) is 17.7. The second-order valence-electron chi connectivity index (χ2n) is 7.48. The summed E-state index contributed by atoms with van der Waals surface area (Å²) >= 11 is 0. The molecule has 0 spiro atoms. The molecule has 0 aromatic heterocycles. The third kappa shape index (κ3) is 5.00. The number of sulfonamides is 1. The fourth-order valence-corrected chi connectivity index (χ4v) is 4.48. The average molecular weight is 449 g/mol. The van der Waals surface area contributed by atoms with Gasteiger partial charge in [0.1, 0.15) is 18.9 Å². The van der Waals surface area contributed by atoms with Crippen LogP contribution in [0.4, 0.5) is 5.69 Å². The van der Waals surface area contributed by atoms with Gasteiger partial charge in [0.2, 0.25) is 15.9 Å². The van der Waals surface area contributed by atoms with Gasteiger partial charge in [-0.1, -0.05) is 66.7 Å². The predicted octanol–water partition coefficient (Wildman–Crippen LogP) is 3.95. The Morgan fingerprint density at radius 2 is 1.56 bits per heavy atom. The predicted molar refractivity (Wildman–Crippen MR) is 129 cm³/mol. The Morgan fingerprint density at radius 1 is 0.875 bits per heavy atom. The topological polar surface area (TPSA) is 75.7 Å². The molecule has 1 N–H and O–H groups in total. The van der Waals surface area contributed by atoms with E-state index < -0.39 is 15.9 Å². The third-order valence-electron chi connectivity index (χ3n) is 5.14. The minimum Gasteiger partial charge on any atom is -0.492 e. The minimum absolute atomic E-state index is 0.263. The SMILES string of the molecule is CS(=O)(=O)N(CC(=O)NCCOc1ccc2ccccc2c1)c1cccc2ccccc12. The highest BCUT2D eigenvalue weighted by Crippen LogP contribution is 2.28. The lowest BCUT2D eigenvalue weighted by molar-refractivity contribution is -0.119. The third-order valence-corrected chi connectivity index (χ3v) is 6.26. The van der Waals surface area contributed by atoms with Crippen molar-refractivity contribution in [2.75, 3.05) is 30.3 Å². The number of hydrogen-bond donors (Lipinski definition) is 1. The van der Waals surface area contributed by atoms with E-state index in [4.69, 9.17) is 4.74 Å². The molecule has 0 saturated heterocycles. The Morgan fingerprint density at radius 3 is 2.34 bits per heavy atom. The molecule has 1 amide bonds. The van der Waals surface area contributed by atoms with Gasteiger partial charge in [-0.2, -0.15) is 0 Å². The molecule has 0 atom stereocenters. The van der Waals surface area contributed by atoms with E-state index in [9.17, 15) is 13.2 Å². The van der Waals surface area contributed by atoms with Crippen molar-refractivity contribution in [1.29, 1.82) is 0 Å². The molecule has 4 aromatic rings. The monoisotopic (exact) mass is 448 g/mol. The Labute approximate surface area is 187 Å². The molecule has 0 unspecified atom stereocenters. The zero-order valence-corrected chi connectivity index (χ0v) is 18.5. The first-order chi connectivity index (χ1) is 15.4. The van der Waals surface area contributed by atoms with Crippen LogP contribution in [-0.2, 0) is 14.8 Å². The molecule has 32 heavy (non-hydrogen) atoms. The van der Waals surface area contributed by atoms with Gasteiger partial charge < -0.3 is 10.1 Å². The summed E-state index contributed by atoms with van der Waals surface area (Å²) in [5.41, 5.74) is 0.480. The Hall–Kier alpha value is -3.58. The number of amides is 1. The Bertz CT molecular complexity index is 1360. The average Bonchev–Trinajstić information content (AvgIpc) is 2.79. The van der Waals surface area contributed by atoms with Crippen molar-refractivity contribution in [2.45, 2.75) is 0 Å². The second kappa shape index (κ2) is 9.28. The van der Waals surface area contributed by atoms with Gasteiger partial charge in [0.05, 0.1) is 18.5 Å². The number of hydrogen-bond acceptors (Lipinski definition) is 4. The number of carbonyl (C=O) groups is 1. The summed E-state index contributed by atoms with van der Waals surface area (Å²) in [5, 5.41) is 6.62. The standard InChI is InChI=1S/C25H24N2O4S/c1-32(29,30)27(24-12-6-10-20-8-4-5-11-23(20)24)18-25(28)26-15-16-31-22-14-13-19-7-2-3-9-21(19)17-22/h2-14,17H,15-16,18H2,1H3,(H,26,28). The second-order valence-corrected chi connectivity index (χ2v) is 9.38. The van der Waals surface area contributed by atoms with E-state index in [2.05, 4.69) is 5.32 Å². The summed E-state index contributed by atoms with van der Waals surface area (Å²) in [6.45, 7) is 0.235. The van der Waals surface area contributed by atoms with Crippen molar-refractivity contribution < 1.29 is 17.9 Å². The number of benzene rings is 4. The van der Waals surface area contributed by atoms with Gasteiger partial charge >= 0.3 is 0 Å². The largest absolute Gasteiger partial charge is 0.492 e. The molecule has 0 bridgehead atoms. The molecule has 0 saturated carbocycles. The highest BCUT2D eigenvalue weighted by atomic mass is 32.2.